The smallest absolute Gasteiger partial charge is 0.336 e. The number of halogens is 1. The van der Waals surface area contributed by atoms with Crippen molar-refractivity contribution in [3.63, 3.8) is 0 Å². The first-order valence-corrected chi connectivity index (χ1v) is 9.70. The number of rotatable bonds is 5. The van der Waals surface area contributed by atoms with Gasteiger partial charge in [-0.3, -0.25) is 9.88 Å². The molecule has 148 valence electrons. The highest BCUT2D eigenvalue weighted by molar-refractivity contribution is 5.89. The summed E-state index contributed by atoms with van der Waals surface area (Å²) in [5.41, 5.74) is 6.69. The number of carbonyl (C=O) groups is 1. The molecule has 0 bridgehead atoms. The summed E-state index contributed by atoms with van der Waals surface area (Å²) in [6, 6.07) is 13.1. The second-order valence-corrected chi connectivity index (χ2v) is 7.68. The van der Waals surface area contributed by atoms with E-state index in [9.17, 15) is 14.3 Å². The maximum absolute atomic E-state index is 13.4. The van der Waals surface area contributed by atoms with E-state index in [0.717, 1.165) is 35.2 Å². The quantitative estimate of drug-likeness (QED) is 0.665. The van der Waals surface area contributed by atoms with Gasteiger partial charge in [-0.25, -0.2) is 9.18 Å². The van der Waals surface area contributed by atoms with E-state index in [-0.39, 0.29) is 11.9 Å². The molecule has 0 radical (unpaired) electrons. The lowest BCUT2D eigenvalue weighted by Crippen LogP contribution is -2.17. The van der Waals surface area contributed by atoms with Crippen LogP contribution in [-0.4, -0.2) is 28.0 Å². The second-order valence-electron chi connectivity index (χ2n) is 7.68. The Morgan fingerprint density at radius 3 is 2.83 bits per heavy atom. The van der Waals surface area contributed by atoms with Crippen LogP contribution >= 0.6 is 0 Å². The lowest BCUT2D eigenvalue weighted by molar-refractivity contribution is 0.0695. The van der Waals surface area contributed by atoms with E-state index in [1.807, 2.05) is 13.0 Å². The first-order chi connectivity index (χ1) is 13.9. The molecule has 0 saturated heterocycles. The molecule has 0 amide bonds. The molecule has 5 heteroatoms. The predicted molar refractivity (Wildman–Crippen MR) is 110 cm³/mol. The highest BCUT2D eigenvalue weighted by Gasteiger charge is 2.28. The number of hydrogen-bond acceptors (Lipinski definition) is 3. The van der Waals surface area contributed by atoms with Crippen molar-refractivity contribution in [1.82, 2.24) is 9.88 Å². The molecule has 4 rings (SSSR count). The van der Waals surface area contributed by atoms with E-state index in [2.05, 4.69) is 35.1 Å². The molecule has 1 aliphatic heterocycles. The van der Waals surface area contributed by atoms with Gasteiger partial charge in [-0.1, -0.05) is 18.2 Å². The zero-order valence-electron chi connectivity index (χ0n) is 16.5. The second kappa shape index (κ2) is 7.76. The number of fused-ring (bicyclic) bond motifs is 1. The fourth-order valence-corrected chi connectivity index (χ4v) is 4.31. The average Bonchev–Trinajstić information content (AvgIpc) is 3.00. The van der Waals surface area contributed by atoms with Gasteiger partial charge in [0.1, 0.15) is 5.82 Å². The number of benzene rings is 2. The Morgan fingerprint density at radius 1 is 1.24 bits per heavy atom. The molecule has 1 atom stereocenters. The summed E-state index contributed by atoms with van der Waals surface area (Å²) < 4.78 is 13.4. The first kappa shape index (κ1) is 19.3. The summed E-state index contributed by atoms with van der Waals surface area (Å²) in [5.74, 6) is -1.13. The Morgan fingerprint density at radius 2 is 2.07 bits per heavy atom. The Bertz CT molecular complexity index is 1080. The van der Waals surface area contributed by atoms with Gasteiger partial charge in [0.05, 0.1) is 5.56 Å². The fraction of sp³-hybridized carbons (Fsp3) is 0.250. The summed E-state index contributed by atoms with van der Waals surface area (Å²) in [4.78, 5) is 17.8. The average molecular weight is 390 g/mol. The van der Waals surface area contributed by atoms with Crippen molar-refractivity contribution >= 4 is 5.97 Å². The van der Waals surface area contributed by atoms with Crippen LogP contribution in [0.3, 0.4) is 0 Å². The van der Waals surface area contributed by atoms with E-state index in [0.29, 0.717) is 12.0 Å². The summed E-state index contributed by atoms with van der Waals surface area (Å²) in [6.45, 7) is 2.77. The molecule has 0 fully saturated rings. The standard InChI is InChI=1S/C24H23FN2O2/c1-15-11-19(25)5-7-20(15)16-3-6-21-18(12-16)14-27(2)23(21)8-4-17-13-26-10-9-22(17)24(28)29/h3,5-7,9-13,23H,4,8,14H2,1-2H3,(H,28,29)/t23-/m0/s1. The van der Waals surface area contributed by atoms with Crippen molar-refractivity contribution in [3.8, 4) is 11.1 Å². The monoisotopic (exact) mass is 390 g/mol. The molecule has 29 heavy (non-hydrogen) atoms. The molecule has 0 unspecified atom stereocenters. The van der Waals surface area contributed by atoms with Crippen molar-refractivity contribution in [1.29, 1.82) is 0 Å². The number of aromatic carboxylic acids is 1. The number of carboxylic acid groups (broad SMARTS) is 1. The fourth-order valence-electron chi connectivity index (χ4n) is 4.31. The molecule has 2 heterocycles. The molecular weight excluding hydrogens is 367 g/mol. The molecule has 0 spiro atoms. The van der Waals surface area contributed by atoms with Crippen molar-refractivity contribution < 1.29 is 14.3 Å². The highest BCUT2D eigenvalue weighted by Crippen LogP contribution is 2.38. The van der Waals surface area contributed by atoms with Gasteiger partial charge >= 0.3 is 5.97 Å². The van der Waals surface area contributed by atoms with Gasteiger partial charge in [0.2, 0.25) is 0 Å². The molecule has 1 aliphatic rings. The summed E-state index contributed by atoms with van der Waals surface area (Å²) in [5, 5.41) is 9.38. The predicted octanol–water partition coefficient (Wildman–Crippen LogP) is 5.01. The van der Waals surface area contributed by atoms with Gasteiger partial charge in [0, 0.05) is 25.0 Å². The number of nitrogens with zero attached hydrogens (tertiary/aromatic N) is 2. The Labute approximate surface area is 169 Å². The normalized spacial score (nSPS) is 16.0. The molecule has 4 nitrogen and oxygen atoms in total. The third-order valence-electron chi connectivity index (χ3n) is 5.77. The minimum absolute atomic E-state index is 0.219. The topological polar surface area (TPSA) is 53.4 Å². The number of aromatic nitrogens is 1. The molecule has 0 aliphatic carbocycles. The van der Waals surface area contributed by atoms with E-state index in [4.69, 9.17) is 0 Å². The SMILES string of the molecule is Cc1cc(F)ccc1-c1ccc2c(c1)CN(C)[C@H]2CCc1cnccc1C(=O)O. The molecule has 2 aromatic carbocycles. The number of pyridine rings is 1. The molecule has 1 N–H and O–H groups in total. The third kappa shape index (κ3) is 3.78. The van der Waals surface area contributed by atoms with Gasteiger partial charge in [0.15, 0.2) is 0 Å². The molecular formula is C24H23FN2O2. The Balaban J connectivity index is 1.58. The zero-order valence-corrected chi connectivity index (χ0v) is 16.5. The molecule has 3 aromatic rings. The molecule has 1 aromatic heterocycles. The maximum Gasteiger partial charge on any atom is 0.336 e. The van der Waals surface area contributed by atoms with Crippen LogP contribution in [-0.2, 0) is 13.0 Å². The van der Waals surface area contributed by atoms with Crippen LogP contribution in [0.1, 0.15) is 45.1 Å². The summed E-state index contributed by atoms with van der Waals surface area (Å²) in [7, 11) is 2.09. The zero-order chi connectivity index (χ0) is 20.5. The van der Waals surface area contributed by atoms with Crippen LogP contribution in [0.25, 0.3) is 11.1 Å². The lowest BCUT2D eigenvalue weighted by Gasteiger charge is -2.20. The van der Waals surface area contributed by atoms with Gasteiger partial charge in [-0.05, 0) is 84.5 Å². The number of hydrogen-bond donors (Lipinski definition) is 1. The van der Waals surface area contributed by atoms with Crippen LogP contribution in [0.15, 0.2) is 54.9 Å². The van der Waals surface area contributed by atoms with E-state index in [1.165, 1.54) is 23.4 Å². The van der Waals surface area contributed by atoms with Crippen LogP contribution in [0.4, 0.5) is 4.39 Å². The van der Waals surface area contributed by atoms with E-state index >= 15 is 0 Å². The van der Waals surface area contributed by atoms with Gasteiger partial charge < -0.3 is 5.11 Å². The summed E-state index contributed by atoms with van der Waals surface area (Å²) >= 11 is 0. The van der Waals surface area contributed by atoms with E-state index < -0.39 is 5.97 Å². The van der Waals surface area contributed by atoms with Gasteiger partial charge in [0.25, 0.3) is 0 Å². The van der Waals surface area contributed by atoms with Crippen LogP contribution in [0.5, 0.6) is 0 Å². The number of carboxylic acids is 1. The van der Waals surface area contributed by atoms with Crippen LogP contribution in [0.2, 0.25) is 0 Å². The van der Waals surface area contributed by atoms with Crippen molar-refractivity contribution in [3.05, 3.63) is 88.5 Å². The Hall–Kier alpha value is -3.05. The Kier molecular flexibility index (Phi) is 5.16. The maximum atomic E-state index is 13.4. The minimum atomic E-state index is -0.915. The number of aryl methyl sites for hydroxylation is 2. The first-order valence-electron chi connectivity index (χ1n) is 9.70. The molecule has 0 saturated carbocycles. The van der Waals surface area contributed by atoms with Gasteiger partial charge in [-0.2, -0.15) is 0 Å². The van der Waals surface area contributed by atoms with E-state index in [1.54, 1.807) is 18.3 Å². The lowest BCUT2D eigenvalue weighted by atomic mass is 9.93. The van der Waals surface area contributed by atoms with Crippen molar-refractivity contribution in [2.45, 2.75) is 32.4 Å². The van der Waals surface area contributed by atoms with Gasteiger partial charge in [-0.15, -0.1) is 0 Å². The third-order valence-corrected chi connectivity index (χ3v) is 5.77. The summed E-state index contributed by atoms with van der Waals surface area (Å²) in [6.07, 6.45) is 4.65. The van der Waals surface area contributed by atoms with Crippen molar-refractivity contribution in [2.24, 2.45) is 0 Å². The van der Waals surface area contributed by atoms with Crippen LogP contribution < -0.4 is 0 Å². The largest absolute Gasteiger partial charge is 0.478 e. The van der Waals surface area contributed by atoms with Crippen molar-refractivity contribution in [2.75, 3.05) is 7.05 Å². The minimum Gasteiger partial charge on any atom is -0.478 e. The highest BCUT2D eigenvalue weighted by atomic mass is 19.1. The van der Waals surface area contributed by atoms with Crippen LogP contribution in [0, 0.1) is 12.7 Å².